The second kappa shape index (κ2) is 6.67. The van der Waals surface area contributed by atoms with Crippen molar-refractivity contribution in [1.29, 1.82) is 0 Å². The molecule has 2 heterocycles. The first-order valence-corrected chi connectivity index (χ1v) is 8.23. The third-order valence-corrected chi connectivity index (χ3v) is 5.00. The molecule has 2 saturated heterocycles. The molecule has 3 rings (SSSR count). The van der Waals surface area contributed by atoms with Gasteiger partial charge >= 0.3 is 12.1 Å². The largest absolute Gasteiger partial charge is 0.481 e. The van der Waals surface area contributed by atoms with Gasteiger partial charge in [-0.1, -0.05) is 0 Å². The molecule has 0 bridgehead atoms. The quantitative estimate of drug-likeness (QED) is 0.904. The minimum absolute atomic E-state index is 0.131. The Kier molecular flexibility index (Phi) is 4.73. The molecule has 0 spiro atoms. The van der Waals surface area contributed by atoms with Crippen LogP contribution in [-0.2, 0) is 15.8 Å². The van der Waals surface area contributed by atoms with E-state index in [1.165, 1.54) is 17.0 Å². The second-order valence-electron chi connectivity index (χ2n) is 6.49. The van der Waals surface area contributed by atoms with E-state index >= 15 is 0 Å². The number of nitrogens with zero attached hydrogens (tertiary/aromatic N) is 2. The number of carbonyl (C=O) groups is 2. The monoisotopic (exact) mass is 356 g/mol. The number of hydrogen-bond acceptors (Lipinski definition) is 3. The summed E-state index contributed by atoms with van der Waals surface area (Å²) >= 11 is 0. The fraction of sp³-hybridized carbons (Fsp3) is 0.529. The van der Waals surface area contributed by atoms with Gasteiger partial charge in [0.05, 0.1) is 17.5 Å². The van der Waals surface area contributed by atoms with Crippen molar-refractivity contribution in [2.75, 3.05) is 24.5 Å². The van der Waals surface area contributed by atoms with Crippen molar-refractivity contribution >= 4 is 17.6 Å². The van der Waals surface area contributed by atoms with Gasteiger partial charge in [-0.2, -0.15) is 13.2 Å². The molecule has 1 aromatic rings. The van der Waals surface area contributed by atoms with Gasteiger partial charge in [-0.3, -0.25) is 14.5 Å². The summed E-state index contributed by atoms with van der Waals surface area (Å²) in [5.74, 6) is -1.30. The molecule has 0 saturated carbocycles. The maximum atomic E-state index is 12.6. The zero-order valence-corrected chi connectivity index (χ0v) is 13.5. The zero-order valence-electron chi connectivity index (χ0n) is 13.5. The van der Waals surface area contributed by atoms with Crippen LogP contribution in [0.25, 0.3) is 0 Å². The van der Waals surface area contributed by atoms with E-state index in [1.54, 1.807) is 0 Å². The van der Waals surface area contributed by atoms with E-state index < -0.39 is 17.7 Å². The normalized spacial score (nSPS) is 23.2. The number of likely N-dealkylation sites (tertiary alicyclic amines) is 1. The predicted molar refractivity (Wildman–Crippen MR) is 84.1 cm³/mol. The number of rotatable bonds is 3. The molecule has 1 amide bonds. The van der Waals surface area contributed by atoms with Gasteiger partial charge < -0.3 is 10.0 Å². The third kappa shape index (κ3) is 3.63. The smallest absolute Gasteiger partial charge is 0.416 e. The molecule has 1 N–H and O–H groups in total. The highest BCUT2D eigenvalue weighted by molar-refractivity contribution is 5.99. The lowest BCUT2D eigenvalue weighted by atomic mass is 9.96. The van der Waals surface area contributed by atoms with Crippen LogP contribution in [0.1, 0.15) is 24.8 Å². The number of aliphatic carboxylic acids is 1. The van der Waals surface area contributed by atoms with Crippen LogP contribution in [0.5, 0.6) is 0 Å². The van der Waals surface area contributed by atoms with Crippen molar-refractivity contribution < 1.29 is 27.9 Å². The fourth-order valence-corrected chi connectivity index (χ4v) is 3.55. The fourth-order valence-electron chi connectivity index (χ4n) is 3.55. The minimum Gasteiger partial charge on any atom is -0.481 e. The van der Waals surface area contributed by atoms with E-state index in [2.05, 4.69) is 0 Å². The minimum atomic E-state index is -4.40. The Morgan fingerprint density at radius 2 is 1.64 bits per heavy atom. The summed E-state index contributed by atoms with van der Waals surface area (Å²) in [6.07, 6.45) is -2.78. The Morgan fingerprint density at radius 3 is 2.16 bits per heavy atom. The third-order valence-electron chi connectivity index (χ3n) is 5.00. The number of carboxylic acid groups (broad SMARTS) is 1. The number of benzene rings is 1. The number of alkyl halides is 3. The molecule has 2 aliphatic rings. The molecule has 0 aromatic heterocycles. The van der Waals surface area contributed by atoms with E-state index in [0.717, 1.165) is 12.1 Å². The van der Waals surface area contributed by atoms with E-state index in [1.807, 2.05) is 4.90 Å². The number of carbonyl (C=O) groups excluding carboxylic acids is 1. The number of piperidine rings is 1. The van der Waals surface area contributed by atoms with Crippen LogP contribution in [0.4, 0.5) is 18.9 Å². The average molecular weight is 356 g/mol. The van der Waals surface area contributed by atoms with Gasteiger partial charge in [0, 0.05) is 12.2 Å². The molecule has 1 unspecified atom stereocenters. The van der Waals surface area contributed by atoms with Crippen LogP contribution in [0, 0.1) is 5.92 Å². The van der Waals surface area contributed by atoms with Gasteiger partial charge in [-0.05, 0) is 56.6 Å². The molecule has 0 radical (unpaired) electrons. The number of anilines is 1. The van der Waals surface area contributed by atoms with Crippen molar-refractivity contribution in [3.63, 3.8) is 0 Å². The van der Waals surface area contributed by atoms with Crippen molar-refractivity contribution in [2.45, 2.75) is 31.5 Å². The Morgan fingerprint density at radius 1 is 1.04 bits per heavy atom. The average Bonchev–Trinajstić information content (AvgIpc) is 2.96. The Labute approximate surface area is 143 Å². The zero-order chi connectivity index (χ0) is 18.2. The van der Waals surface area contributed by atoms with Crippen LogP contribution in [0.3, 0.4) is 0 Å². The van der Waals surface area contributed by atoms with Crippen LogP contribution >= 0.6 is 0 Å². The molecule has 5 nitrogen and oxygen atoms in total. The molecule has 136 valence electrons. The summed E-state index contributed by atoms with van der Waals surface area (Å²) in [5.41, 5.74) is -0.281. The first-order valence-electron chi connectivity index (χ1n) is 8.23. The number of amides is 1. The highest BCUT2D eigenvalue weighted by Crippen LogP contribution is 2.32. The maximum Gasteiger partial charge on any atom is 0.416 e. The molecule has 2 fully saturated rings. The van der Waals surface area contributed by atoms with Crippen molar-refractivity contribution in [3.05, 3.63) is 29.8 Å². The maximum absolute atomic E-state index is 12.6. The van der Waals surface area contributed by atoms with E-state index in [0.29, 0.717) is 44.6 Å². The van der Waals surface area contributed by atoms with E-state index in [-0.39, 0.29) is 17.9 Å². The SMILES string of the molecule is O=C(O)C1CCN(C2CCN(c3ccc(C(F)(F)F)cc3)C2=O)CC1. The van der Waals surface area contributed by atoms with Crippen molar-refractivity contribution in [3.8, 4) is 0 Å². The number of hydrogen-bond donors (Lipinski definition) is 1. The lowest BCUT2D eigenvalue weighted by Gasteiger charge is -2.33. The van der Waals surface area contributed by atoms with E-state index in [4.69, 9.17) is 5.11 Å². The van der Waals surface area contributed by atoms with Crippen LogP contribution in [-0.4, -0.2) is 47.6 Å². The predicted octanol–water partition coefficient (Wildman–Crippen LogP) is 2.61. The van der Waals surface area contributed by atoms with Gasteiger partial charge in [-0.15, -0.1) is 0 Å². The Hall–Kier alpha value is -2.09. The highest BCUT2D eigenvalue weighted by Gasteiger charge is 2.39. The number of carboxylic acids is 1. The van der Waals surface area contributed by atoms with Crippen molar-refractivity contribution in [1.82, 2.24) is 4.90 Å². The summed E-state index contributed by atoms with van der Waals surface area (Å²) in [4.78, 5) is 27.2. The molecular weight excluding hydrogens is 337 g/mol. The van der Waals surface area contributed by atoms with Gasteiger partial charge in [0.25, 0.3) is 0 Å². The van der Waals surface area contributed by atoms with Crippen LogP contribution in [0.15, 0.2) is 24.3 Å². The molecule has 25 heavy (non-hydrogen) atoms. The molecule has 2 aliphatic heterocycles. The summed E-state index contributed by atoms with van der Waals surface area (Å²) in [6, 6.07) is 4.28. The van der Waals surface area contributed by atoms with Gasteiger partial charge in [0.2, 0.25) is 5.91 Å². The topological polar surface area (TPSA) is 60.9 Å². The van der Waals surface area contributed by atoms with Gasteiger partial charge in [-0.25, -0.2) is 0 Å². The van der Waals surface area contributed by atoms with Crippen molar-refractivity contribution in [2.24, 2.45) is 5.92 Å². The molecule has 1 aromatic carbocycles. The molecule has 8 heteroatoms. The summed E-state index contributed by atoms with van der Waals surface area (Å²) < 4.78 is 37.9. The molecule has 1 atom stereocenters. The summed E-state index contributed by atoms with van der Waals surface area (Å²) in [5, 5.41) is 9.04. The highest BCUT2D eigenvalue weighted by atomic mass is 19.4. The second-order valence-corrected chi connectivity index (χ2v) is 6.49. The summed E-state index contributed by atoms with van der Waals surface area (Å²) in [6.45, 7) is 1.55. The van der Waals surface area contributed by atoms with E-state index in [9.17, 15) is 22.8 Å². The Balaban J connectivity index is 1.65. The van der Waals surface area contributed by atoms with Gasteiger partial charge in [0.1, 0.15) is 0 Å². The van der Waals surface area contributed by atoms with Crippen LogP contribution < -0.4 is 4.90 Å². The van der Waals surface area contributed by atoms with Crippen LogP contribution in [0.2, 0.25) is 0 Å². The lowest BCUT2D eigenvalue weighted by molar-refractivity contribution is -0.143. The number of halogens is 3. The molecular formula is C17H19F3N2O3. The first-order chi connectivity index (χ1) is 11.8. The summed E-state index contributed by atoms with van der Waals surface area (Å²) in [7, 11) is 0. The first kappa shape index (κ1) is 17.7. The standard InChI is InChI=1S/C17H19F3N2O3/c18-17(19,20)12-1-3-13(4-2-12)22-10-7-14(15(22)23)21-8-5-11(6-9-21)16(24)25/h1-4,11,14H,5-10H2,(H,24,25). The van der Waals surface area contributed by atoms with Gasteiger partial charge in [0.15, 0.2) is 0 Å². The molecule has 0 aliphatic carbocycles. The Bertz CT molecular complexity index is 652. The lowest BCUT2D eigenvalue weighted by Crippen LogP contribution is -2.46.